The number of nitrogens with zero attached hydrogens (tertiary/aromatic N) is 1. The fourth-order valence-corrected chi connectivity index (χ4v) is 2.72. The first kappa shape index (κ1) is 15.3. The molecule has 1 aliphatic heterocycles. The highest BCUT2D eigenvalue weighted by atomic mass is 19.1. The number of amides is 2. The summed E-state index contributed by atoms with van der Waals surface area (Å²) in [5.74, 6) is -1.23. The van der Waals surface area contributed by atoms with Gasteiger partial charge in [0.1, 0.15) is 5.82 Å². The molecule has 2 N–H and O–H groups in total. The summed E-state index contributed by atoms with van der Waals surface area (Å²) < 4.78 is 13.2. The second-order valence-corrected chi connectivity index (χ2v) is 5.23. The predicted octanol–water partition coefficient (Wildman–Crippen LogP) is 2.46. The number of carboxylic acid groups (broad SMARTS) is 1. The third-order valence-electron chi connectivity index (χ3n) is 3.72. The quantitative estimate of drug-likeness (QED) is 0.896. The Morgan fingerprint density at radius 3 is 2.90 bits per heavy atom. The van der Waals surface area contributed by atoms with Crippen LogP contribution in [0.1, 0.15) is 36.4 Å². The molecule has 0 aromatic heterocycles. The number of hydrogen-bond acceptors (Lipinski definition) is 2. The molecule has 1 unspecified atom stereocenters. The number of hydrogen-bond donors (Lipinski definition) is 2. The minimum atomic E-state index is -0.942. The van der Waals surface area contributed by atoms with Crippen molar-refractivity contribution in [2.24, 2.45) is 0 Å². The molecule has 1 aromatic rings. The molecule has 1 aliphatic rings. The topological polar surface area (TPSA) is 69.6 Å². The van der Waals surface area contributed by atoms with E-state index in [0.717, 1.165) is 24.0 Å². The summed E-state index contributed by atoms with van der Waals surface area (Å²) in [4.78, 5) is 24.3. The Balaban J connectivity index is 2.05. The number of likely N-dealkylation sites (tertiary alicyclic amines) is 1. The first-order valence-electron chi connectivity index (χ1n) is 7.01. The summed E-state index contributed by atoms with van der Waals surface area (Å²) in [6.45, 7) is 2.57. The number of aryl methyl sites for hydroxylation is 1. The van der Waals surface area contributed by atoms with Crippen LogP contribution < -0.4 is 5.32 Å². The second-order valence-electron chi connectivity index (χ2n) is 5.23. The van der Waals surface area contributed by atoms with Gasteiger partial charge in [0.25, 0.3) is 0 Å². The van der Waals surface area contributed by atoms with E-state index in [1.54, 1.807) is 11.0 Å². The number of carbonyl (C=O) groups excluding carboxylic acids is 1. The first-order chi connectivity index (χ1) is 9.99. The number of urea groups is 1. The number of nitrogens with one attached hydrogen (secondary N) is 1. The van der Waals surface area contributed by atoms with Gasteiger partial charge in [-0.25, -0.2) is 9.18 Å². The molecule has 5 nitrogen and oxygen atoms in total. The van der Waals surface area contributed by atoms with Crippen molar-refractivity contribution in [2.75, 3.05) is 13.1 Å². The molecular formula is C15H19FN2O3. The van der Waals surface area contributed by atoms with E-state index in [-0.39, 0.29) is 30.9 Å². The van der Waals surface area contributed by atoms with E-state index in [9.17, 15) is 14.0 Å². The number of benzene rings is 1. The zero-order valence-electron chi connectivity index (χ0n) is 11.9. The lowest BCUT2D eigenvalue weighted by Crippen LogP contribution is -2.40. The molecule has 0 saturated carbocycles. The standard InChI is InChI=1S/C15H19FN2O3/c1-10-9-11(16)4-5-12(10)13-3-2-8-18(13)15(21)17-7-6-14(19)20/h4-5,9,13H,2-3,6-8H2,1H3,(H,17,21)(H,19,20). The SMILES string of the molecule is Cc1cc(F)ccc1C1CCCN1C(=O)NCCC(=O)O. The normalized spacial score (nSPS) is 17.8. The van der Waals surface area contributed by atoms with E-state index in [0.29, 0.717) is 6.54 Å². The van der Waals surface area contributed by atoms with Gasteiger partial charge < -0.3 is 15.3 Å². The molecule has 0 spiro atoms. The van der Waals surface area contributed by atoms with Crippen LogP contribution in [0.5, 0.6) is 0 Å². The number of rotatable bonds is 4. The van der Waals surface area contributed by atoms with Crippen molar-refractivity contribution in [1.82, 2.24) is 10.2 Å². The van der Waals surface area contributed by atoms with E-state index in [1.165, 1.54) is 12.1 Å². The minimum absolute atomic E-state index is 0.0737. The lowest BCUT2D eigenvalue weighted by molar-refractivity contribution is -0.136. The predicted molar refractivity (Wildman–Crippen MR) is 75.5 cm³/mol. The molecule has 1 fully saturated rings. The molecule has 114 valence electrons. The minimum Gasteiger partial charge on any atom is -0.481 e. The summed E-state index contributed by atoms with van der Waals surface area (Å²) >= 11 is 0. The van der Waals surface area contributed by atoms with Crippen molar-refractivity contribution < 1.29 is 19.1 Å². The second kappa shape index (κ2) is 6.56. The average Bonchev–Trinajstić information content (AvgIpc) is 2.87. The molecule has 1 heterocycles. The lowest BCUT2D eigenvalue weighted by atomic mass is 9.99. The van der Waals surface area contributed by atoms with Gasteiger partial charge in [0.15, 0.2) is 0 Å². The fourth-order valence-electron chi connectivity index (χ4n) is 2.72. The highest BCUT2D eigenvalue weighted by Gasteiger charge is 2.30. The van der Waals surface area contributed by atoms with Crippen molar-refractivity contribution in [2.45, 2.75) is 32.2 Å². The molecule has 1 atom stereocenters. The van der Waals surface area contributed by atoms with Gasteiger partial charge in [-0.3, -0.25) is 4.79 Å². The van der Waals surface area contributed by atoms with Crippen LogP contribution >= 0.6 is 0 Å². The Morgan fingerprint density at radius 1 is 1.48 bits per heavy atom. The van der Waals surface area contributed by atoms with Crippen LogP contribution in [0.2, 0.25) is 0 Å². The molecule has 1 aromatic carbocycles. The number of halogens is 1. The van der Waals surface area contributed by atoms with E-state index < -0.39 is 5.97 Å². The van der Waals surface area contributed by atoms with Crippen molar-refractivity contribution in [3.63, 3.8) is 0 Å². The molecule has 2 amide bonds. The third kappa shape index (κ3) is 3.71. The summed E-state index contributed by atoms with van der Waals surface area (Å²) in [7, 11) is 0. The Kier molecular flexibility index (Phi) is 4.77. The molecule has 0 bridgehead atoms. The molecule has 6 heteroatoms. The highest BCUT2D eigenvalue weighted by molar-refractivity contribution is 5.76. The summed E-state index contributed by atoms with van der Waals surface area (Å²) in [6.07, 6.45) is 1.62. The van der Waals surface area contributed by atoms with Gasteiger partial charge in [0, 0.05) is 13.1 Å². The maximum atomic E-state index is 13.2. The fraction of sp³-hybridized carbons (Fsp3) is 0.467. The van der Waals surface area contributed by atoms with E-state index in [1.807, 2.05) is 6.92 Å². The summed E-state index contributed by atoms with van der Waals surface area (Å²) in [5.41, 5.74) is 1.77. The maximum Gasteiger partial charge on any atom is 0.317 e. The highest BCUT2D eigenvalue weighted by Crippen LogP contribution is 2.33. The molecule has 0 radical (unpaired) electrons. The van der Waals surface area contributed by atoms with Crippen molar-refractivity contribution in [3.8, 4) is 0 Å². The number of carboxylic acids is 1. The van der Waals surface area contributed by atoms with Gasteiger partial charge in [-0.2, -0.15) is 0 Å². The Labute approximate surface area is 122 Å². The lowest BCUT2D eigenvalue weighted by Gasteiger charge is -2.26. The van der Waals surface area contributed by atoms with Gasteiger partial charge in [-0.15, -0.1) is 0 Å². The monoisotopic (exact) mass is 294 g/mol. The zero-order valence-corrected chi connectivity index (χ0v) is 11.9. The summed E-state index contributed by atoms with van der Waals surface area (Å²) in [6, 6.07) is 4.26. The van der Waals surface area contributed by atoms with Crippen LogP contribution in [0.25, 0.3) is 0 Å². The van der Waals surface area contributed by atoms with Crippen LogP contribution in [0.15, 0.2) is 18.2 Å². The van der Waals surface area contributed by atoms with Crippen molar-refractivity contribution in [3.05, 3.63) is 35.1 Å². The Bertz CT molecular complexity index is 548. The number of carbonyl (C=O) groups is 2. The number of aliphatic carboxylic acids is 1. The maximum absolute atomic E-state index is 13.2. The van der Waals surface area contributed by atoms with Crippen LogP contribution in [0.4, 0.5) is 9.18 Å². The Morgan fingerprint density at radius 2 is 2.24 bits per heavy atom. The zero-order chi connectivity index (χ0) is 15.4. The molecule has 21 heavy (non-hydrogen) atoms. The first-order valence-corrected chi connectivity index (χ1v) is 7.01. The van der Waals surface area contributed by atoms with Crippen LogP contribution in [0, 0.1) is 12.7 Å². The van der Waals surface area contributed by atoms with Crippen molar-refractivity contribution >= 4 is 12.0 Å². The third-order valence-corrected chi connectivity index (χ3v) is 3.72. The molecule has 1 saturated heterocycles. The molecular weight excluding hydrogens is 275 g/mol. The smallest absolute Gasteiger partial charge is 0.317 e. The van der Waals surface area contributed by atoms with Gasteiger partial charge in [0.05, 0.1) is 12.5 Å². The van der Waals surface area contributed by atoms with E-state index >= 15 is 0 Å². The molecule has 0 aliphatic carbocycles. The van der Waals surface area contributed by atoms with Crippen LogP contribution in [-0.2, 0) is 4.79 Å². The Hall–Kier alpha value is -2.11. The van der Waals surface area contributed by atoms with Gasteiger partial charge in [0.2, 0.25) is 0 Å². The average molecular weight is 294 g/mol. The van der Waals surface area contributed by atoms with Gasteiger partial charge in [-0.1, -0.05) is 6.07 Å². The van der Waals surface area contributed by atoms with Gasteiger partial charge >= 0.3 is 12.0 Å². The van der Waals surface area contributed by atoms with E-state index in [4.69, 9.17) is 5.11 Å². The largest absolute Gasteiger partial charge is 0.481 e. The van der Waals surface area contributed by atoms with Crippen LogP contribution in [0.3, 0.4) is 0 Å². The van der Waals surface area contributed by atoms with Crippen LogP contribution in [-0.4, -0.2) is 35.1 Å². The van der Waals surface area contributed by atoms with Crippen molar-refractivity contribution in [1.29, 1.82) is 0 Å². The molecule has 2 rings (SSSR count). The van der Waals surface area contributed by atoms with Gasteiger partial charge in [-0.05, 0) is 43.0 Å². The summed E-state index contributed by atoms with van der Waals surface area (Å²) in [5, 5.41) is 11.2. The van der Waals surface area contributed by atoms with E-state index in [2.05, 4.69) is 5.32 Å².